The molecule has 2 atom stereocenters. The van der Waals surface area contributed by atoms with Gasteiger partial charge in [0.1, 0.15) is 0 Å². The lowest BCUT2D eigenvalue weighted by Gasteiger charge is -2.31. The molecule has 1 aliphatic heterocycles. The summed E-state index contributed by atoms with van der Waals surface area (Å²) < 4.78 is 24.6. The highest BCUT2D eigenvalue weighted by atomic mass is 32.2. The third kappa shape index (κ3) is 4.69. The van der Waals surface area contributed by atoms with Crippen molar-refractivity contribution in [3.05, 3.63) is 21.9 Å². The molecule has 1 aliphatic rings. The zero-order chi connectivity index (χ0) is 16.3. The van der Waals surface area contributed by atoms with Crippen molar-refractivity contribution in [1.29, 1.82) is 0 Å². The number of nitrogens with zero attached hydrogens (tertiary/aromatic N) is 1. The molecule has 1 aromatic heterocycles. The number of hydrogen-bond acceptors (Lipinski definition) is 4. The van der Waals surface area contributed by atoms with Gasteiger partial charge in [-0.15, -0.1) is 11.3 Å². The molecule has 1 saturated heterocycles. The molecule has 0 radical (unpaired) electrons. The van der Waals surface area contributed by atoms with Crippen LogP contribution in [0.2, 0.25) is 0 Å². The van der Waals surface area contributed by atoms with E-state index in [-0.39, 0.29) is 18.1 Å². The van der Waals surface area contributed by atoms with Crippen molar-refractivity contribution in [3.8, 4) is 0 Å². The second-order valence-corrected chi connectivity index (χ2v) is 9.05. The van der Waals surface area contributed by atoms with Crippen LogP contribution in [0.3, 0.4) is 0 Å². The molecule has 22 heavy (non-hydrogen) atoms. The van der Waals surface area contributed by atoms with E-state index in [1.165, 1.54) is 15.4 Å². The average Bonchev–Trinajstić information content (AvgIpc) is 2.84. The normalized spacial score (nSPS) is 21.3. The Hall–Kier alpha value is -1.12. The van der Waals surface area contributed by atoms with Gasteiger partial charge in [-0.2, -0.15) is 0 Å². The van der Waals surface area contributed by atoms with Crippen molar-refractivity contribution in [2.45, 2.75) is 38.8 Å². The van der Waals surface area contributed by atoms with Crippen LogP contribution in [0, 0.1) is 6.92 Å². The minimum atomic E-state index is -3.19. The highest BCUT2D eigenvalue weighted by Gasteiger charge is 2.27. The number of sulfonamides is 1. The SMILES string of the molecule is Cc1ccc([C@@H](C)NC(=O)N[C@H]2CCCN(S(C)(=O)=O)C2)s1. The molecule has 1 aromatic rings. The van der Waals surface area contributed by atoms with Crippen LogP contribution in [0.4, 0.5) is 4.79 Å². The van der Waals surface area contributed by atoms with E-state index >= 15 is 0 Å². The second kappa shape index (κ2) is 6.97. The molecule has 8 heteroatoms. The van der Waals surface area contributed by atoms with Crippen molar-refractivity contribution < 1.29 is 13.2 Å². The first kappa shape index (κ1) is 17.2. The Kier molecular flexibility index (Phi) is 5.46. The monoisotopic (exact) mass is 345 g/mol. The zero-order valence-corrected chi connectivity index (χ0v) is 14.8. The summed E-state index contributed by atoms with van der Waals surface area (Å²) in [6.45, 7) is 4.85. The smallest absolute Gasteiger partial charge is 0.315 e. The van der Waals surface area contributed by atoms with Gasteiger partial charge in [0, 0.05) is 28.9 Å². The molecule has 0 bridgehead atoms. The second-order valence-electron chi connectivity index (χ2n) is 5.75. The lowest BCUT2D eigenvalue weighted by molar-refractivity contribution is 0.223. The van der Waals surface area contributed by atoms with E-state index in [1.54, 1.807) is 11.3 Å². The Morgan fingerprint density at radius 3 is 2.77 bits per heavy atom. The summed E-state index contributed by atoms with van der Waals surface area (Å²) in [5.41, 5.74) is 0. The summed E-state index contributed by atoms with van der Waals surface area (Å²) in [5.74, 6) is 0. The maximum atomic E-state index is 12.1. The number of amides is 2. The van der Waals surface area contributed by atoms with Crippen molar-refractivity contribution in [2.75, 3.05) is 19.3 Å². The predicted octanol–water partition coefficient (Wildman–Crippen LogP) is 1.84. The van der Waals surface area contributed by atoms with Gasteiger partial charge < -0.3 is 10.6 Å². The summed E-state index contributed by atoms with van der Waals surface area (Å²) in [6, 6.07) is 3.59. The summed E-state index contributed by atoms with van der Waals surface area (Å²) in [4.78, 5) is 14.4. The third-order valence-electron chi connectivity index (χ3n) is 3.72. The number of carbonyl (C=O) groups excluding carboxylic acids is 1. The molecule has 1 fully saturated rings. The Balaban J connectivity index is 1.86. The van der Waals surface area contributed by atoms with E-state index in [9.17, 15) is 13.2 Å². The first-order valence-electron chi connectivity index (χ1n) is 7.34. The molecule has 0 saturated carbocycles. The van der Waals surface area contributed by atoms with Gasteiger partial charge in [0.05, 0.1) is 12.3 Å². The van der Waals surface area contributed by atoms with Crippen LogP contribution < -0.4 is 10.6 Å². The number of thiophene rings is 1. The van der Waals surface area contributed by atoms with Crippen LogP contribution in [0.15, 0.2) is 12.1 Å². The minimum absolute atomic E-state index is 0.0618. The fourth-order valence-corrected chi connectivity index (χ4v) is 4.33. The number of aryl methyl sites for hydroxylation is 1. The number of piperidine rings is 1. The fraction of sp³-hybridized carbons (Fsp3) is 0.643. The van der Waals surface area contributed by atoms with E-state index < -0.39 is 10.0 Å². The molecule has 0 unspecified atom stereocenters. The van der Waals surface area contributed by atoms with Crippen LogP contribution in [-0.2, 0) is 10.0 Å². The molecule has 124 valence electrons. The van der Waals surface area contributed by atoms with Crippen LogP contribution >= 0.6 is 11.3 Å². The van der Waals surface area contributed by atoms with Gasteiger partial charge in [-0.1, -0.05) is 0 Å². The van der Waals surface area contributed by atoms with Gasteiger partial charge in [0.15, 0.2) is 0 Å². The third-order valence-corrected chi connectivity index (χ3v) is 6.18. The van der Waals surface area contributed by atoms with Gasteiger partial charge in [-0.05, 0) is 38.8 Å². The molecule has 2 rings (SSSR count). The van der Waals surface area contributed by atoms with Crippen LogP contribution in [0.1, 0.15) is 35.6 Å². The van der Waals surface area contributed by atoms with Gasteiger partial charge in [-0.25, -0.2) is 17.5 Å². The largest absolute Gasteiger partial charge is 0.334 e. The number of hydrogen-bond donors (Lipinski definition) is 2. The van der Waals surface area contributed by atoms with Crippen molar-refractivity contribution >= 4 is 27.4 Å². The summed E-state index contributed by atoms with van der Waals surface area (Å²) >= 11 is 1.66. The molecular weight excluding hydrogens is 322 g/mol. The van der Waals surface area contributed by atoms with Crippen molar-refractivity contribution in [3.63, 3.8) is 0 Å². The van der Waals surface area contributed by atoms with Crippen LogP contribution in [-0.4, -0.2) is 44.1 Å². The van der Waals surface area contributed by atoms with Gasteiger partial charge in [-0.3, -0.25) is 0 Å². The van der Waals surface area contributed by atoms with E-state index in [0.717, 1.165) is 17.7 Å². The number of carbonyl (C=O) groups is 1. The zero-order valence-electron chi connectivity index (χ0n) is 13.1. The Labute approximate surface area is 135 Å². The molecule has 2 heterocycles. The van der Waals surface area contributed by atoms with E-state index in [1.807, 2.05) is 26.0 Å². The fourth-order valence-electron chi connectivity index (χ4n) is 2.54. The summed E-state index contributed by atoms with van der Waals surface area (Å²) in [7, 11) is -3.19. The standard InChI is InChI=1S/C14H23N3O3S2/c1-10-6-7-13(21-10)11(2)15-14(18)16-12-5-4-8-17(9-12)22(3,19)20/h6-7,11-12H,4-5,8-9H2,1-3H3,(H2,15,16,18)/t11-,12+/m1/s1. The topological polar surface area (TPSA) is 78.5 Å². The molecule has 0 aliphatic carbocycles. The maximum absolute atomic E-state index is 12.1. The first-order chi connectivity index (χ1) is 10.3. The maximum Gasteiger partial charge on any atom is 0.315 e. The minimum Gasteiger partial charge on any atom is -0.334 e. The molecular formula is C14H23N3O3S2. The van der Waals surface area contributed by atoms with E-state index in [0.29, 0.717) is 13.1 Å². The summed E-state index contributed by atoms with van der Waals surface area (Å²) in [5, 5.41) is 5.78. The van der Waals surface area contributed by atoms with Crippen LogP contribution in [0.25, 0.3) is 0 Å². The predicted molar refractivity (Wildman–Crippen MR) is 88.6 cm³/mol. The van der Waals surface area contributed by atoms with E-state index in [2.05, 4.69) is 10.6 Å². The Bertz CT molecular complexity index is 627. The molecule has 6 nitrogen and oxygen atoms in total. The number of rotatable bonds is 4. The van der Waals surface area contributed by atoms with Gasteiger partial charge in [0.25, 0.3) is 0 Å². The number of nitrogens with one attached hydrogen (secondary N) is 2. The van der Waals surface area contributed by atoms with Gasteiger partial charge in [0.2, 0.25) is 10.0 Å². The lowest BCUT2D eigenvalue weighted by atomic mass is 10.1. The quantitative estimate of drug-likeness (QED) is 0.874. The van der Waals surface area contributed by atoms with Crippen molar-refractivity contribution in [2.24, 2.45) is 0 Å². The molecule has 2 amide bonds. The van der Waals surface area contributed by atoms with Crippen LogP contribution in [0.5, 0.6) is 0 Å². The molecule has 0 aromatic carbocycles. The number of urea groups is 1. The average molecular weight is 345 g/mol. The first-order valence-corrected chi connectivity index (χ1v) is 10.0. The highest BCUT2D eigenvalue weighted by Crippen LogP contribution is 2.22. The highest BCUT2D eigenvalue weighted by molar-refractivity contribution is 7.88. The summed E-state index contributed by atoms with van der Waals surface area (Å²) in [6.07, 6.45) is 2.76. The Morgan fingerprint density at radius 1 is 1.45 bits per heavy atom. The molecule has 0 spiro atoms. The Morgan fingerprint density at radius 2 is 2.18 bits per heavy atom. The molecule has 2 N–H and O–H groups in total. The van der Waals surface area contributed by atoms with Gasteiger partial charge >= 0.3 is 6.03 Å². The van der Waals surface area contributed by atoms with E-state index in [4.69, 9.17) is 0 Å². The lowest BCUT2D eigenvalue weighted by Crippen LogP contribution is -2.51. The van der Waals surface area contributed by atoms with Crippen molar-refractivity contribution in [1.82, 2.24) is 14.9 Å².